The Hall–Kier alpha value is -3.03. The molecule has 5 nitrogen and oxygen atoms in total. The molecule has 1 atom stereocenters. The van der Waals surface area contributed by atoms with Crippen LogP contribution >= 0.6 is 0 Å². The van der Waals surface area contributed by atoms with Gasteiger partial charge < -0.3 is 10.0 Å². The molecule has 4 rings (SSSR count). The van der Waals surface area contributed by atoms with Crippen LogP contribution in [-0.2, 0) is 23.9 Å². The van der Waals surface area contributed by atoms with Crippen LogP contribution in [0, 0.1) is 0 Å². The summed E-state index contributed by atoms with van der Waals surface area (Å²) in [6.45, 7) is 1.26. The summed E-state index contributed by atoms with van der Waals surface area (Å²) in [5.74, 6) is -0.180. The molecular formula is C22H21F3N2O3. The number of benzene rings is 2. The molecule has 2 aromatic rings. The maximum Gasteiger partial charge on any atom is 0.416 e. The van der Waals surface area contributed by atoms with E-state index in [-0.39, 0.29) is 5.91 Å². The topological polar surface area (TPSA) is 60.9 Å². The van der Waals surface area contributed by atoms with Crippen molar-refractivity contribution >= 4 is 12.0 Å². The van der Waals surface area contributed by atoms with Crippen LogP contribution in [0.15, 0.2) is 42.5 Å². The maximum atomic E-state index is 12.9. The largest absolute Gasteiger partial charge is 0.465 e. The number of hydrogen-bond acceptors (Lipinski definition) is 2. The average molecular weight is 418 g/mol. The van der Waals surface area contributed by atoms with E-state index in [9.17, 15) is 27.9 Å². The van der Waals surface area contributed by atoms with Gasteiger partial charge in [-0.1, -0.05) is 24.3 Å². The number of alkyl halides is 3. The second-order valence-electron chi connectivity index (χ2n) is 7.70. The lowest BCUT2D eigenvalue weighted by atomic mass is 9.94. The van der Waals surface area contributed by atoms with Gasteiger partial charge in [-0.2, -0.15) is 13.2 Å². The van der Waals surface area contributed by atoms with Crippen LogP contribution in [0.25, 0.3) is 11.1 Å². The van der Waals surface area contributed by atoms with Crippen LogP contribution < -0.4 is 0 Å². The minimum absolute atomic E-state index is 0.180. The summed E-state index contributed by atoms with van der Waals surface area (Å²) in [4.78, 5) is 27.2. The number of carboxylic acid groups (broad SMARTS) is 1. The Labute approximate surface area is 171 Å². The van der Waals surface area contributed by atoms with Crippen molar-refractivity contribution < 1.29 is 27.9 Å². The second kappa shape index (κ2) is 7.66. The molecule has 0 saturated carbocycles. The highest BCUT2D eigenvalue weighted by molar-refractivity contribution is 5.86. The molecule has 0 bridgehead atoms. The summed E-state index contributed by atoms with van der Waals surface area (Å²) in [6.07, 6.45) is -3.59. The Morgan fingerprint density at radius 3 is 2.33 bits per heavy atom. The van der Waals surface area contributed by atoms with Gasteiger partial charge in [-0.3, -0.25) is 9.69 Å². The maximum absolute atomic E-state index is 12.9. The van der Waals surface area contributed by atoms with Crippen molar-refractivity contribution in [2.24, 2.45) is 0 Å². The van der Waals surface area contributed by atoms with E-state index in [1.807, 2.05) is 18.2 Å². The number of halogens is 3. The fraction of sp³-hybridized carbons (Fsp3) is 0.364. The lowest BCUT2D eigenvalue weighted by Gasteiger charge is -2.33. The first kappa shape index (κ1) is 20.3. The fourth-order valence-electron chi connectivity index (χ4n) is 4.24. The number of rotatable bonds is 2. The molecule has 0 radical (unpaired) electrons. The molecule has 1 saturated heterocycles. The van der Waals surface area contributed by atoms with Crippen molar-refractivity contribution in [2.75, 3.05) is 13.1 Å². The molecule has 0 aromatic heterocycles. The van der Waals surface area contributed by atoms with Gasteiger partial charge in [0.05, 0.1) is 5.56 Å². The Morgan fingerprint density at radius 1 is 0.967 bits per heavy atom. The van der Waals surface area contributed by atoms with E-state index in [1.165, 1.54) is 17.0 Å². The fourth-order valence-corrected chi connectivity index (χ4v) is 4.24. The van der Waals surface area contributed by atoms with E-state index in [0.29, 0.717) is 44.5 Å². The van der Waals surface area contributed by atoms with Crippen LogP contribution in [0.1, 0.15) is 29.5 Å². The van der Waals surface area contributed by atoms with Gasteiger partial charge in [0.2, 0.25) is 5.91 Å². The van der Waals surface area contributed by atoms with Crippen molar-refractivity contribution in [3.8, 4) is 11.1 Å². The molecule has 2 heterocycles. The lowest BCUT2D eigenvalue weighted by Crippen LogP contribution is -2.48. The summed E-state index contributed by atoms with van der Waals surface area (Å²) in [7, 11) is 0. The summed E-state index contributed by atoms with van der Waals surface area (Å²) in [6, 6.07) is 10.1. The quantitative estimate of drug-likeness (QED) is 0.787. The first-order valence-corrected chi connectivity index (χ1v) is 9.82. The number of carbonyl (C=O) groups excluding carboxylic acids is 1. The number of nitrogens with zero attached hydrogens (tertiary/aromatic N) is 2. The lowest BCUT2D eigenvalue weighted by molar-refractivity contribution is -0.137. The molecule has 8 heteroatoms. The molecule has 1 fully saturated rings. The van der Waals surface area contributed by atoms with Crippen LogP contribution in [0.3, 0.4) is 0 Å². The first-order chi connectivity index (χ1) is 14.2. The molecular weight excluding hydrogens is 397 g/mol. The molecule has 0 aliphatic carbocycles. The Bertz CT molecular complexity index is 973. The Kier molecular flexibility index (Phi) is 5.17. The van der Waals surface area contributed by atoms with E-state index in [1.54, 1.807) is 4.90 Å². The van der Waals surface area contributed by atoms with E-state index < -0.39 is 23.9 Å². The predicted molar refractivity (Wildman–Crippen MR) is 104 cm³/mol. The van der Waals surface area contributed by atoms with Gasteiger partial charge in [-0.25, -0.2) is 4.79 Å². The van der Waals surface area contributed by atoms with Crippen molar-refractivity contribution in [3.05, 3.63) is 59.2 Å². The third kappa shape index (κ3) is 3.86. The summed E-state index contributed by atoms with van der Waals surface area (Å²) < 4.78 is 38.4. The first-order valence-electron chi connectivity index (χ1n) is 9.82. The van der Waals surface area contributed by atoms with Gasteiger partial charge in [-0.15, -0.1) is 0 Å². The molecule has 2 aliphatic rings. The molecule has 1 unspecified atom stereocenters. The van der Waals surface area contributed by atoms with E-state index in [0.717, 1.165) is 28.8 Å². The summed E-state index contributed by atoms with van der Waals surface area (Å²) >= 11 is 0. The third-order valence-corrected chi connectivity index (χ3v) is 5.86. The molecule has 30 heavy (non-hydrogen) atoms. The minimum Gasteiger partial charge on any atom is -0.465 e. The summed E-state index contributed by atoms with van der Waals surface area (Å²) in [5, 5.41) is 9.31. The third-order valence-electron chi connectivity index (χ3n) is 5.86. The van der Waals surface area contributed by atoms with E-state index >= 15 is 0 Å². The standard InChI is InChI=1S/C22H21F3N2O3/c23-22(24,25)18-7-5-14(6-8-18)16-4-3-15-9-11-26(13-17(15)12-16)20(28)19-2-1-10-27(19)21(29)30/h3-8,12,19H,1-2,9-11,13H2,(H,29,30). The van der Waals surface area contributed by atoms with Gasteiger partial charge in [0.25, 0.3) is 0 Å². The zero-order chi connectivity index (χ0) is 21.5. The van der Waals surface area contributed by atoms with Crippen LogP contribution in [-0.4, -0.2) is 46.0 Å². The van der Waals surface area contributed by atoms with Crippen molar-refractivity contribution in [1.82, 2.24) is 9.80 Å². The van der Waals surface area contributed by atoms with E-state index in [2.05, 4.69) is 0 Å². The monoisotopic (exact) mass is 418 g/mol. The van der Waals surface area contributed by atoms with Crippen LogP contribution in [0.4, 0.5) is 18.0 Å². The van der Waals surface area contributed by atoms with Gasteiger partial charge in [0, 0.05) is 19.6 Å². The zero-order valence-electron chi connectivity index (χ0n) is 16.2. The molecule has 2 aliphatic heterocycles. The Balaban J connectivity index is 1.54. The number of carbonyl (C=O) groups is 2. The molecule has 158 valence electrons. The number of hydrogen-bond donors (Lipinski definition) is 1. The highest BCUT2D eigenvalue weighted by Gasteiger charge is 2.37. The van der Waals surface area contributed by atoms with E-state index in [4.69, 9.17) is 0 Å². The highest BCUT2D eigenvalue weighted by atomic mass is 19.4. The number of likely N-dealkylation sites (tertiary alicyclic amines) is 1. The van der Waals surface area contributed by atoms with Gasteiger partial charge in [-0.05, 0) is 59.7 Å². The van der Waals surface area contributed by atoms with Gasteiger partial charge in [0.15, 0.2) is 0 Å². The second-order valence-corrected chi connectivity index (χ2v) is 7.70. The van der Waals surface area contributed by atoms with Crippen molar-refractivity contribution in [2.45, 2.75) is 38.0 Å². The number of fused-ring (bicyclic) bond motifs is 1. The molecule has 1 N–H and O–H groups in total. The molecule has 0 spiro atoms. The van der Waals surface area contributed by atoms with Crippen molar-refractivity contribution in [3.63, 3.8) is 0 Å². The van der Waals surface area contributed by atoms with Crippen LogP contribution in [0.5, 0.6) is 0 Å². The zero-order valence-corrected chi connectivity index (χ0v) is 16.2. The van der Waals surface area contributed by atoms with Gasteiger partial charge in [0.1, 0.15) is 6.04 Å². The van der Waals surface area contributed by atoms with Gasteiger partial charge >= 0.3 is 12.3 Å². The predicted octanol–water partition coefficient (Wildman–Crippen LogP) is 4.40. The smallest absolute Gasteiger partial charge is 0.416 e. The highest BCUT2D eigenvalue weighted by Crippen LogP contribution is 2.32. The van der Waals surface area contributed by atoms with Crippen molar-refractivity contribution in [1.29, 1.82) is 0 Å². The molecule has 2 amide bonds. The normalized spacial score (nSPS) is 19.0. The Morgan fingerprint density at radius 2 is 1.67 bits per heavy atom. The average Bonchev–Trinajstić information content (AvgIpc) is 3.22. The summed E-state index contributed by atoms with van der Waals surface area (Å²) in [5.41, 5.74) is 2.79. The SMILES string of the molecule is O=C(C1CCCN1C(=O)O)N1CCc2ccc(-c3ccc(C(F)(F)F)cc3)cc2C1. The molecule has 2 aromatic carbocycles. The number of amides is 2. The van der Waals surface area contributed by atoms with Crippen LogP contribution in [0.2, 0.25) is 0 Å². The minimum atomic E-state index is -4.38.